The number of hydrogen-bond donors (Lipinski definition) is 1. The van der Waals surface area contributed by atoms with Gasteiger partial charge in [-0.1, -0.05) is 6.42 Å². The van der Waals surface area contributed by atoms with Crippen molar-refractivity contribution in [3.8, 4) is 0 Å². The zero-order valence-electron chi connectivity index (χ0n) is 11.0. The summed E-state index contributed by atoms with van der Waals surface area (Å²) in [6.07, 6.45) is 5.04. The number of aliphatic carboxylic acids is 1. The van der Waals surface area contributed by atoms with Crippen molar-refractivity contribution < 1.29 is 14.7 Å². The lowest BCUT2D eigenvalue weighted by atomic mass is 9.85. The molecule has 5 heteroatoms. The molecule has 2 aliphatic rings. The molecule has 1 aliphatic heterocycles. The summed E-state index contributed by atoms with van der Waals surface area (Å²) < 4.78 is 0. The van der Waals surface area contributed by atoms with Crippen LogP contribution in [0.3, 0.4) is 0 Å². The number of likely N-dealkylation sites (tertiary alicyclic amines) is 1. The Morgan fingerprint density at radius 1 is 1.28 bits per heavy atom. The number of nitrogens with zero attached hydrogens (tertiary/aromatic N) is 2. The monoisotopic (exact) mass is 254 g/mol. The van der Waals surface area contributed by atoms with Gasteiger partial charge in [0.2, 0.25) is 0 Å². The van der Waals surface area contributed by atoms with E-state index in [0.717, 1.165) is 13.0 Å². The summed E-state index contributed by atoms with van der Waals surface area (Å²) in [5.41, 5.74) is 0. The number of carbonyl (C=O) groups excluding carboxylic acids is 1. The first-order chi connectivity index (χ1) is 8.63. The number of carbonyl (C=O) groups is 2. The predicted octanol–water partition coefficient (Wildman–Crippen LogP) is 1.78. The molecule has 0 unspecified atom stereocenters. The van der Waals surface area contributed by atoms with Gasteiger partial charge in [-0.3, -0.25) is 0 Å². The van der Waals surface area contributed by atoms with E-state index in [1.165, 1.54) is 24.2 Å². The lowest BCUT2D eigenvalue weighted by Gasteiger charge is -2.35. The highest BCUT2D eigenvalue weighted by Gasteiger charge is 2.36. The Kier molecular flexibility index (Phi) is 4.09. The molecule has 1 heterocycles. The van der Waals surface area contributed by atoms with Crippen molar-refractivity contribution in [1.82, 2.24) is 9.80 Å². The SMILES string of the molecule is CCN(CC1CCC1)C(=O)N1CCC[C@H]1C(=O)O. The molecule has 1 saturated heterocycles. The fraction of sp³-hybridized carbons (Fsp3) is 0.846. The summed E-state index contributed by atoms with van der Waals surface area (Å²) in [5, 5.41) is 9.11. The fourth-order valence-corrected chi connectivity index (χ4v) is 2.76. The van der Waals surface area contributed by atoms with Gasteiger partial charge in [0.15, 0.2) is 0 Å². The minimum Gasteiger partial charge on any atom is -0.480 e. The fourth-order valence-electron chi connectivity index (χ4n) is 2.76. The van der Waals surface area contributed by atoms with E-state index < -0.39 is 12.0 Å². The average molecular weight is 254 g/mol. The first-order valence-electron chi connectivity index (χ1n) is 6.91. The van der Waals surface area contributed by atoms with Crippen LogP contribution in [0.4, 0.5) is 4.79 Å². The predicted molar refractivity (Wildman–Crippen MR) is 67.3 cm³/mol. The minimum absolute atomic E-state index is 0.0886. The quantitative estimate of drug-likeness (QED) is 0.831. The third-order valence-corrected chi connectivity index (χ3v) is 4.14. The molecule has 2 amide bonds. The van der Waals surface area contributed by atoms with Crippen molar-refractivity contribution in [3.63, 3.8) is 0 Å². The summed E-state index contributed by atoms with van der Waals surface area (Å²) in [6.45, 7) is 4.00. The second-order valence-corrected chi connectivity index (χ2v) is 5.31. The maximum absolute atomic E-state index is 12.4. The van der Waals surface area contributed by atoms with E-state index in [1.54, 1.807) is 0 Å². The van der Waals surface area contributed by atoms with Crippen molar-refractivity contribution in [1.29, 1.82) is 0 Å². The van der Waals surface area contributed by atoms with Gasteiger partial charge >= 0.3 is 12.0 Å². The van der Waals surface area contributed by atoms with E-state index >= 15 is 0 Å². The zero-order valence-corrected chi connectivity index (χ0v) is 11.0. The van der Waals surface area contributed by atoms with Gasteiger partial charge in [0.1, 0.15) is 6.04 Å². The smallest absolute Gasteiger partial charge is 0.326 e. The molecule has 102 valence electrons. The number of carboxylic acid groups (broad SMARTS) is 1. The van der Waals surface area contributed by atoms with Gasteiger partial charge in [-0.25, -0.2) is 9.59 Å². The van der Waals surface area contributed by atoms with Gasteiger partial charge in [-0.2, -0.15) is 0 Å². The van der Waals surface area contributed by atoms with Gasteiger partial charge in [0.25, 0.3) is 0 Å². The van der Waals surface area contributed by atoms with Crippen molar-refractivity contribution in [3.05, 3.63) is 0 Å². The highest BCUT2D eigenvalue weighted by Crippen LogP contribution is 2.28. The van der Waals surface area contributed by atoms with Crippen molar-refractivity contribution in [2.24, 2.45) is 5.92 Å². The highest BCUT2D eigenvalue weighted by atomic mass is 16.4. The van der Waals surface area contributed by atoms with Crippen LogP contribution in [-0.4, -0.2) is 52.6 Å². The lowest BCUT2D eigenvalue weighted by molar-refractivity contribution is -0.141. The number of hydrogen-bond acceptors (Lipinski definition) is 2. The number of rotatable bonds is 4. The molecule has 18 heavy (non-hydrogen) atoms. The standard InChI is InChI=1S/C13H22N2O3/c1-2-14(9-10-5-3-6-10)13(18)15-8-4-7-11(15)12(16)17/h10-11H,2-9H2,1H3,(H,16,17)/t11-/m0/s1. The molecule has 2 rings (SSSR count). The van der Waals surface area contributed by atoms with Crippen molar-refractivity contribution in [2.75, 3.05) is 19.6 Å². The third kappa shape index (κ3) is 2.60. The minimum atomic E-state index is -0.874. The van der Waals surface area contributed by atoms with E-state index in [2.05, 4.69) is 0 Å². The van der Waals surface area contributed by atoms with Gasteiger partial charge in [0, 0.05) is 19.6 Å². The molecule has 0 aromatic heterocycles. The van der Waals surface area contributed by atoms with Crippen LogP contribution in [0.15, 0.2) is 0 Å². The Morgan fingerprint density at radius 2 is 2.00 bits per heavy atom. The number of carboxylic acids is 1. The first kappa shape index (κ1) is 13.2. The van der Waals surface area contributed by atoms with Gasteiger partial charge in [-0.05, 0) is 38.5 Å². The van der Waals surface area contributed by atoms with Crippen molar-refractivity contribution in [2.45, 2.75) is 45.1 Å². The molecular formula is C13H22N2O3. The maximum Gasteiger partial charge on any atom is 0.326 e. The summed E-state index contributed by atoms with van der Waals surface area (Å²) >= 11 is 0. The van der Waals surface area contributed by atoms with Gasteiger partial charge in [0.05, 0.1) is 0 Å². The molecular weight excluding hydrogens is 232 g/mol. The van der Waals surface area contributed by atoms with Gasteiger partial charge in [-0.15, -0.1) is 0 Å². The number of amides is 2. The van der Waals surface area contributed by atoms with Crippen molar-refractivity contribution >= 4 is 12.0 Å². The van der Waals surface area contributed by atoms with Crippen LogP contribution in [0.5, 0.6) is 0 Å². The summed E-state index contributed by atoms with van der Waals surface area (Å²) in [7, 11) is 0. The molecule has 5 nitrogen and oxygen atoms in total. The van der Waals surface area contributed by atoms with E-state index in [-0.39, 0.29) is 6.03 Å². The van der Waals surface area contributed by atoms with E-state index in [9.17, 15) is 9.59 Å². The van der Waals surface area contributed by atoms with Crippen LogP contribution in [0.1, 0.15) is 39.0 Å². The van der Waals surface area contributed by atoms with E-state index in [4.69, 9.17) is 5.11 Å². The molecule has 0 aromatic carbocycles. The largest absolute Gasteiger partial charge is 0.480 e. The Balaban J connectivity index is 1.96. The van der Waals surface area contributed by atoms with E-state index in [1.807, 2.05) is 11.8 Å². The van der Waals surface area contributed by atoms with Crippen LogP contribution in [-0.2, 0) is 4.79 Å². The van der Waals surface area contributed by atoms with Gasteiger partial charge < -0.3 is 14.9 Å². The molecule has 0 aromatic rings. The first-order valence-corrected chi connectivity index (χ1v) is 6.91. The van der Waals surface area contributed by atoms with Crippen LogP contribution in [0.2, 0.25) is 0 Å². The normalized spacial score (nSPS) is 23.8. The number of urea groups is 1. The zero-order chi connectivity index (χ0) is 13.1. The summed E-state index contributed by atoms with van der Waals surface area (Å²) in [5.74, 6) is -0.250. The summed E-state index contributed by atoms with van der Waals surface area (Å²) in [6, 6.07) is -0.706. The third-order valence-electron chi connectivity index (χ3n) is 4.14. The maximum atomic E-state index is 12.4. The molecule has 1 atom stereocenters. The van der Waals surface area contributed by atoms with Crippen LogP contribution in [0.25, 0.3) is 0 Å². The molecule has 2 fully saturated rings. The lowest BCUT2D eigenvalue weighted by Crippen LogP contribution is -2.49. The molecule has 1 saturated carbocycles. The Bertz CT molecular complexity index is 328. The molecule has 1 aliphatic carbocycles. The second-order valence-electron chi connectivity index (χ2n) is 5.31. The Labute approximate surface area is 108 Å². The Hall–Kier alpha value is -1.26. The van der Waals surface area contributed by atoms with Crippen LogP contribution in [0, 0.1) is 5.92 Å². The van der Waals surface area contributed by atoms with E-state index in [0.29, 0.717) is 25.4 Å². The topological polar surface area (TPSA) is 60.9 Å². The van der Waals surface area contributed by atoms with Crippen LogP contribution < -0.4 is 0 Å². The summed E-state index contributed by atoms with van der Waals surface area (Å²) in [4.78, 5) is 26.8. The molecule has 0 spiro atoms. The molecule has 0 bridgehead atoms. The average Bonchev–Trinajstić information content (AvgIpc) is 2.76. The molecule has 1 N–H and O–H groups in total. The van der Waals surface area contributed by atoms with Crippen LogP contribution >= 0.6 is 0 Å². The highest BCUT2D eigenvalue weighted by molar-refractivity contribution is 5.83. The Morgan fingerprint density at radius 3 is 2.50 bits per heavy atom. The molecule has 0 radical (unpaired) electrons. The second kappa shape index (κ2) is 5.59.